The highest BCUT2D eigenvalue weighted by Crippen LogP contribution is 2.26. The van der Waals surface area contributed by atoms with E-state index in [0.29, 0.717) is 19.6 Å². The standard InChI is InChI=1S/C12H15N3O5.ClH/c16-10-3-7(1-2-9(10)15(19)20)12(18)14-5-8-4-13-6-11(8)17;/h1-3,8,11,13,16-17H,4-6H2,(H,14,18);1H. The number of nitro groups is 1. The number of nitrogens with zero attached hydrogens (tertiary/aromatic N) is 1. The van der Waals surface area contributed by atoms with E-state index in [4.69, 9.17) is 0 Å². The van der Waals surface area contributed by atoms with Gasteiger partial charge in [0.25, 0.3) is 5.91 Å². The number of aromatic hydroxyl groups is 1. The minimum atomic E-state index is -0.725. The Labute approximate surface area is 126 Å². The topological polar surface area (TPSA) is 125 Å². The van der Waals surface area contributed by atoms with Crippen LogP contribution in [0, 0.1) is 16.0 Å². The molecule has 1 amide bonds. The number of phenolic OH excluding ortho intramolecular Hbond substituents is 1. The van der Waals surface area contributed by atoms with Gasteiger partial charge in [0, 0.05) is 37.2 Å². The number of β-amino-alcohol motifs (C(OH)–C–C–N with tert-alkyl or cyclic N) is 1. The average Bonchev–Trinajstić information content (AvgIpc) is 2.81. The summed E-state index contributed by atoms with van der Waals surface area (Å²) in [4.78, 5) is 21.7. The van der Waals surface area contributed by atoms with Gasteiger partial charge in [-0.05, 0) is 12.1 Å². The van der Waals surface area contributed by atoms with Crippen molar-refractivity contribution in [2.45, 2.75) is 6.10 Å². The summed E-state index contributed by atoms with van der Waals surface area (Å²) in [5, 5.41) is 35.2. The van der Waals surface area contributed by atoms with E-state index >= 15 is 0 Å². The van der Waals surface area contributed by atoms with Crippen LogP contribution in [0.25, 0.3) is 0 Å². The number of carbonyl (C=O) groups is 1. The molecule has 0 aliphatic carbocycles. The third-order valence-electron chi connectivity index (χ3n) is 3.26. The summed E-state index contributed by atoms with van der Waals surface area (Å²) in [7, 11) is 0. The monoisotopic (exact) mass is 317 g/mol. The number of benzene rings is 1. The molecule has 2 unspecified atom stereocenters. The number of phenols is 1. The molecule has 1 aromatic rings. The second-order valence-electron chi connectivity index (χ2n) is 4.66. The molecular weight excluding hydrogens is 302 g/mol. The largest absolute Gasteiger partial charge is 0.502 e. The smallest absolute Gasteiger partial charge is 0.310 e. The first-order valence-corrected chi connectivity index (χ1v) is 6.13. The maximum atomic E-state index is 11.8. The Balaban J connectivity index is 0.00000220. The Morgan fingerprint density at radius 2 is 2.19 bits per heavy atom. The highest BCUT2D eigenvalue weighted by atomic mass is 35.5. The molecule has 0 radical (unpaired) electrons. The molecule has 21 heavy (non-hydrogen) atoms. The molecule has 1 aliphatic heterocycles. The molecule has 1 aromatic carbocycles. The quantitative estimate of drug-likeness (QED) is 0.459. The average molecular weight is 318 g/mol. The fourth-order valence-electron chi connectivity index (χ4n) is 2.07. The molecule has 2 rings (SSSR count). The second-order valence-corrected chi connectivity index (χ2v) is 4.66. The maximum Gasteiger partial charge on any atom is 0.310 e. The van der Waals surface area contributed by atoms with E-state index in [-0.39, 0.29) is 23.9 Å². The fourth-order valence-corrected chi connectivity index (χ4v) is 2.07. The molecule has 1 heterocycles. The predicted molar refractivity (Wildman–Crippen MR) is 76.7 cm³/mol. The lowest BCUT2D eigenvalue weighted by atomic mass is 10.1. The number of amides is 1. The number of nitrogens with one attached hydrogen (secondary N) is 2. The van der Waals surface area contributed by atoms with Crippen molar-refractivity contribution in [3.8, 4) is 5.75 Å². The zero-order valence-electron chi connectivity index (χ0n) is 11.0. The van der Waals surface area contributed by atoms with Gasteiger partial charge in [-0.25, -0.2) is 0 Å². The lowest BCUT2D eigenvalue weighted by Crippen LogP contribution is -2.34. The number of rotatable bonds is 4. The highest BCUT2D eigenvalue weighted by Gasteiger charge is 2.25. The molecule has 9 heteroatoms. The fraction of sp³-hybridized carbons (Fsp3) is 0.417. The molecule has 1 aliphatic rings. The van der Waals surface area contributed by atoms with E-state index in [1.54, 1.807) is 0 Å². The number of hydrogen-bond acceptors (Lipinski definition) is 6. The number of carbonyl (C=O) groups excluding carboxylic acids is 1. The zero-order chi connectivity index (χ0) is 14.7. The van der Waals surface area contributed by atoms with Gasteiger partial charge in [0.05, 0.1) is 11.0 Å². The Kier molecular flexibility index (Phi) is 5.89. The minimum Gasteiger partial charge on any atom is -0.502 e. The summed E-state index contributed by atoms with van der Waals surface area (Å²) in [6.45, 7) is 1.41. The van der Waals surface area contributed by atoms with Crippen LogP contribution in [0.1, 0.15) is 10.4 Å². The molecule has 0 aromatic heterocycles. The van der Waals surface area contributed by atoms with Crippen LogP contribution in [0.3, 0.4) is 0 Å². The molecule has 116 valence electrons. The van der Waals surface area contributed by atoms with Crippen LogP contribution in [0.2, 0.25) is 0 Å². The van der Waals surface area contributed by atoms with Gasteiger partial charge in [0.2, 0.25) is 0 Å². The molecule has 1 saturated heterocycles. The molecule has 4 N–H and O–H groups in total. The van der Waals surface area contributed by atoms with Crippen molar-refractivity contribution in [1.82, 2.24) is 10.6 Å². The van der Waals surface area contributed by atoms with Crippen LogP contribution in [0.15, 0.2) is 18.2 Å². The van der Waals surface area contributed by atoms with Crippen molar-refractivity contribution in [2.75, 3.05) is 19.6 Å². The van der Waals surface area contributed by atoms with Crippen LogP contribution >= 0.6 is 12.4 Å². The summed E-state index contributed by atoms with van der Waals surface area (Å²) in [6.07, 6.45) is -0.499. The summed E-state index contributed by atoms with van der Waals surface area (Å²) in [5.74, 6) is -1.06. The van der Waals surface area contributed by atoms with Gasteiger partial charge < -0.3 is 20.8 Å². The molecule has 0 spiro atoms. The first-order chi connectivity index (χ1) is 9.49. The molecule has 2 atom stereocenters. The normalized spacial score (nSPS) is 20.6. The van der Waals surface area contributed by atoms with Crippen molar-refractivity contribution in [3.05, 3.63) is 33.9 Å². The van der Waals surface area contributed by atoms with Gasteiger partial charge >= 0.3 is 5.69 Å². The maximum absolute atomic E-state index is 11.8. The van der Waals surface area contributed by atoms with Gasteiger partial charge in [-0.15, -0.1) is 12.4 Å². The lowest BCUT2D eigenvalue weighted by molar-refractivity contribution is -0.385. The van der Waals surface area contributed by atoms with Gasteiger partial charge in [-0.2, -0.15) is 0 Å². The van der Waals surface area contributed by atoms with Crippen LogP contribution in [0.4, 0.5) is 5.69 Å². The Bertz CT molecular complexity index is 540. The number of halogens is 1. The summed E-state index contributed by atoms with van der Waals surface area (Å²) >= 11 is 0. The van der Waals surface area contributed by atoms with Crippen LogP contribution in [-0.2, 0) is 0 Å². The van der Waals surface area contributed by atoms with Crippen LogP contribution in [0.5, 0.6) is 5.75 Å². The first-order valence-electron chi connectivity index (χ1n) is 6.13. The summed E-state index contributed by atoms with van der Waals surface area (Å²) in [5.41, 5.74) is -0.314. The predicted octanol–water partition coefficient (Wildman–Crippen LogP) is 0.0323. The third-order valence-corrected chi connectivity index (χ3v) is 3.26. The minimum absolute atomic E-state index is 0. The Hall–Kier alpha value is -1.90. The highest BCUT2D eigenvalue weighted by molar-refractivity contribution is 5.95. The van der Waals surface area contributed by atoms with Crippen molar-refractivity contribution in [2.24, 2.45) is 5.92 Å². The summed E-state index contributed by atoms with van der Waals surface area (Å²) in [6, 6.07) is 3.41. The van der Waals surface area contributed by atoms with E-state index in [1.165, 1.54) is 6.07 Å². The van der Waals surface area contributed by atoms with E-state index in [9.17, 15) is 25.1 Å². The molecular formula is C12H16ClN3O5. The molecule has 1 fully saturated rings. The SMILES string of the molecule is Cl.O=C(NCC1CNCC1O)c1ccc([N+](=O)[O-])c(O)c1. The van der Waals surface area contributed by atoms with Crippen LogP contribution < -0.4 is 10.6 Å². The van der Waals surface area contributed by atoms with E-state index in [1.807, 2.05) is 0 Å². The van der Waals surface area contributed by atoms with Gasteiger partial charge in [-0.1, -0.05) is 0 Å². The number of aliphatic hydroxyl groups is 1. The van der Waals surface area contributed by atoms with E-state index in [0.717, 1.165) is 12.1 Å². The molecule has 0 saturated carbocycles. The number of hydrogen-bond donors (Lipinski definition) is 4. The van der Waals surface area contributed by atoms with E-state index in [2.05, 4.69) is 10.6 Å². The van der Waals surface area contributed by atoms with Gasteiger partial charge in [0.15, 0.2) is 5.75 Å². The zero-order valence-corrected chi connectivity index (χ0v) is 11.8. The van der Waals surface area contributed by atoms with Crippen molar-refractivity contribution < 1.29 is 19.9 Å². The lowest BCUT2D eigenvalue weighted by Gasteiger charge is -2.14. The van der Waals surface area contributed by atoms with E-state index < -0.39 is 28.4 Å². The van der Waals surface area contributed by atoms with Gasteiger partial charge in [-0.3, -0.25) is 14.9 Å². The Morgan fingerprint density at radius 1 is 1.48 bits per heavy atom. The van der Waals surface area contributed by atoms with Crippen molar-refractivity contribution in [1.29, 1.82) is 0 Å². The molecule has 8 nitrogen and oxygen atoms in total. The van der Waals surface area contributed by atoms with Crippen molar-refractivity contribution >= 4 is 24.0 Å². The second kappa shape index (κ2) is 7.21. The third kappa shape index (κ3) is 4.03. The first kappa shape index (κ1) is 17.2. The number of nitro benzene ring substituents is 1. The summed E-state index contributed by atoms with van der Waals surface area (Å²) < 4.78 is 0. The molecule has 0 bridgehead atoms. The Morgan fingerprint density at radius 3 is 2.71 bits per heavy atom. The van der Waals surface area contributed by atoms with Gasteiger partial charge in [0.1, 0.15) is 0 Å². The van der Waals surface area contributed by atoms with Crippen molar-refractivity contribution in [3.63, 3.8) is 0 Å². The number of aliphatic hydroxyl groups excluding tert-OH is 1. The van der Waals surface area contributed by atoms with Crippen LogP contribution in [-0.4, -0.2) is 46.8 Å².